The fraction of sp³-hybridized carbons (Fsp3) is 0.579. The molecule has 0 aliphatic heterocycles. The van der Waals surface area contributed by atoms with Crippen molar-refractivity contribution in [1.29, 1.82) is 0 Å². The normalized spacial score (nSPS) is 19.1. The molecule has 0 bridgehead atoms. The second-order valence-electron chi connectivity index (χ2n) is 16.4. The van der Waals surface area contributed by atoms with Crippen LogP contribution in [0.3, 0.4) is 0 Å². The molecule has 0 nitrogen and oxygen atoms in total. The predicted molar refractivity (Wildman–Crippen MR) is 236 cm³/mol. The van der Waals surface area contributed by atoms with Crippen molar-refractivity contribution in [2.45, 2.75) is 137 Å². The molecule has 279 valence electrons. The van der Waals surface area contributed by atoms with Crippen molar-refractivity contribution in [3.8, 4) is 0 Å². The summed E-state index contributed by atoms with van der Waals surface area (Å²) in [5.74, 6) is -0.592. The zero-order valence-corrected chi connectivity index (χ0v) is 42.9. The Labute approximate surface area is 342 Å². The van der Waals surface area contributed by atoms with Crippen molar-refractivity contribution in [2.75, 3.05) is 0 Å². The number of hydrogen-bond acceptors (Lipinski definition) is 0. The molecule has 2 aromatic carbocycles. The first kappa shape index (κ1) is 44.5. The van der Waals surface area contributed by atoms with E-state index in [2.05, 4.69) is 106 Å². The SMILES string of the molecule is CC1=Cc2c(C(C)C)cc(C(C)C)cc2[CH]1[Zr]([Cl])([Cl])([CH]1C(C)=Cc2c(C(C)C)cc(C(C)C)cc21)[SiH](CCC[Si](Cl)(Cl)Cl)CCC[Si](Cl)(Cl)Cl. The summed E-state index contributed by atoms with van der Waals surface area (Å²) in [6.07, 6.45) is 6.46. The molecule has 0 fully saturated rings. The van der Waals surface area contributed by atoms with Crippen molar-refractivity contribution < 1.29 is 15.6 Å². The van der Waals surface area contributed by atoms with E-state index >= 15 is 0 Å². The Hall–Kier alpha value is 1.77. The Morgan fingerprint density at radius 1 is 0.580 bits per heavy atom. The van der Waals surface area contributed by atoms with Crippen LogP contribution >= 0.6 is 83.5 Å². The molecule has 2 aliphatic carbocycles. The summed E-state index contributed by atoms with van der Waals surface area (Å²) in [6, 6.07) is 7.04. The van der Waals surface area contributed by atoms with Gasteiger partial charge in [-0.2, -0.15) is 0 Å². The van der Waals surface area contributed by atoms with Gasteiger partial charge in [0, 0.05) is 0 Å². The van der Waals surface area contributed by atoms with E-state index in [1.165, 1.54) is 55.7 Å². The first-order valence-electron chi connectivity index (χ1n) is 18.3. The van der Waals surface area contributed by atoms with E-state index in [1.807, 2.05) is 0 Å². The third kappa shape index (κ3) is 9.48. The molecule has 0 amide bonds. The Kier molecular flexibility index (Phi) is 14.9. The second kappa shape index (κ2) is 16.7. The number of benzene rings is 2. The van der Waals surface area contributed by atoms with Crippen molar-refractivity contribution in [1.82, 2.24) is 0 Å². The molecule has 0 spiro atoms. The molecule has 2 atom stereocenters. The molecule has 0 radical (unpaired) electrons. The van der Waals surface area contributed by atoms with E-state index in [-0.39, 0.29) is 7.25 Å². The van der Waals surface area contributed by atoms with Gasteiger partial charge in [0.05, 0.1) is 0 Å². The van der Waals surface area contributed by atoms with E-state index in [0.29, 0.717) is 35.8 Å². The Morgan fingerprint density at radius 2 is 0.920 bits per heavy atom. The Morgan fingerprint density at radius 3 is 1.20 bits per heavy atom. The van der Waals surface area contributed by atoms with E-state index in [4.69, 9.17) is 83.5 Å². The van der Waals surface area contributed by atoms with Gasteiger partial charge in [-0.3, -0.25) is 0 Å². The first-order chi connectivity index (χ1) is 22.9. The fourth-order valence-corrected chi connectivity index (χ4v) is 64.6. The molecular formula is C38H55Cl8Si3Zr. The third-order valence-electron chi connectivity index (χ3n) is 11.3. The maximum atomic E-state index is 9.03. The molecule has 0 saturated heterocycles. The second-order valence-corrected chi connectivity index (χ2v) is 75.2. The number of fused-ring (bicyclic) bond motifs is 2. The van der Waals surface area contributed by atoms with Crippen LogP contribution in [0.15, 0.2) is 35.4 Å². The average molecular weight is 971 g/mol. The van der Waals surface area contributed by atoms with Crippen LogP contribution in [-0.4, -0.2) is 17.9 Å². The van der Waals surface area contributed by atoms with Crippen molar-refractivity contribution in [3.05, 3.63) is 79.9 Å². The summed E-state index contributed by atoms with van der Waals surface area (Å²) in [5, 5.41) is 0. The monoisotopic (exact) mass is 965 g/mol. The van der Waals surface area contributed by atoms with Crippen LogP contribution in [-0.2, 0) is 15.6 Å². The molecule has 0 heterocycles. The molecule has 4 rings (SSSR count). The van der Waals surface area contributed by atoms with Gasteiger partial charge in [-0.1, -0.05) is 0 Å². The fourth-order valence-electron chi connectivity index (χ4n) is 8.89. The maximum absolute atomic E-state index is 9.03. The minimum absolute atomic E-state index is 0.0258. The van der Waals surface area contributed by atoms with Gasteiger partial charge in [-0.15, -0.1) is 0 Å². The van der Waals surface area contributed by atoms with Gasteiger partial charge in [0.1, 0.15) is 0 Å². The van der Waals surface area contributed by atoms with Gasteiger partial charge in [0.15, 0.2) is 0 Å². The predicted octanol–water partition coefficient (Wildman–Crippen LogP) is 16.6. The topological polar surface area (TPSA) is 0 Å². The summed E-state index contributed by atoms with van der Waals surface area (Å²) >= 11 is 33.9. The summed E-state index contributed by atoms with van der Waals surface area (Å²) in [4.78, 5) is 0. The van der Waals surface area contributed by atoms with Gasteiger partial charge in [0.2, 0.25) is 0 Å². The van der Waals surface area contributed by atoms with E-state index in [1.54, 1.807) is 0 Å². The zero-order valence-electron chi connectivity index (χ0n) is 31.3. The number of allylic oxidation sites excluding steroid dienone is 2. The summed E-state index contributed by atoms with van der Waals surface area (Å²) in [7, 11) is 18.1. The van der Waals surface area contributed by atoms with Gasteiger partial charge < -0.3 is 0 Å². The molecule has 0 N–H and O–H groups in total. The van der Waals surface area contributed by atoms with Crippen molar-refractivity contribution in [3.63, 3.8) is 0 Å². The van der Waals surface area contributed by atoms with Gasteiger partial charge >= 0.3 is 346 Å². The van der Waals surface area contributed by atoms with Crippen LogP contribution in [0.5, 0.6) is 0 Å². The number of rotatable bonds is 15. The number of halogens is 8. The van der Waals surface area contributed by atoms with Crippen LogP contribution < -0.4 is 0 Å². The molecule has 0 saturated carbocycles. The quantitative estimate of drug-likeness (QED) is 0.123. The number of hydrogen-bond donors (Lipinski definition) is 0. The molecule has 12 heteroatoms. The molecular weight excluding hydrogens is 916 g/mol. The first-order valence-corrected chi connectivity index (χ1v) is 44.4. The van der Waals surface area contributed by atoms with E-state index in [0.717, 1.165) is 24.9 Å². The van der Waals surface area contributed by atoms with Crippen LogP contribution in [0.2, 0.25) is 24.2 Å². The minimum atomic E-state index is -5.24. The molecule has 2 unspecified atom stereocenters. The summed E-state index contributed by atoms with van der Waals surface area (Å²) < 4.78 is -0.0516. The summed E-state index contributed by atoms with van der Waals surface area (Å²) in [5.41, 5.74) is 13.4. The van der Waals surface area contributed by atoms with E-state index < -0.39 is 33.5 Å². The molecule has 50 heavy (non-hydrogen) atoms. The Bertz CT molecular complexity index is 1520. The standard InChI is InChI=1S/2C16H21.C6H13Cl6Si3.2ClH.Zr/c2*1-10(2)13-8-14-6-12(5)7-16(14)15(9-13)11(3)4;7-14(8,9)5-1-3-13-4-2-6-15(10,11)12;;;/h2*6-11H,1-5H3;13H,1-6H2;2*1H;/q;;;;;+2/p-2. The zero-order chi connectivity index (χ0) is 37.7. The van der Waals surface area contributed by atoms with Gasteiger partial charge in [-0.25, -0.2) is 0 Å². The summed E-state index contributed by atoms with van der Waals surface area (Å²) in [6.45, 7) is 22.9. The Balaban J connectivity index is 2.11. The molecule has 2 aromatic rings. The molecule has 0 aromatic heterocycles. The third-order valence-corrected chi connectivity index (χ3v) is 65.3. The van der Waals surface area contributed by atoms with Crippen LogP contribution in [0.1, 0.15) is 158 Å². The van der Waals surface area contributed by atoms with Gasteiger partial charge in [-0.05, 0) is 0 Å². The van der Waals surface area contributed by atoms with Crippen molar-refractivity contribution in [2.24, 2.45) is 0 Å². The van der Waals surface area contributed by atoms with Crippen LogP contribution in [0.4, 0.5) is 0 Å². The van der Waals surface area contributed by atoms with E-state index in [9.17, 15) is 0 Å². The molecule has 2 aliphatic rings. The van der Waals surface area contributed by atoms with Crippen LogP contribution in [0, 0.1) is 0 Å². The van der Waals surface area contributed by atoms with Crippen molar-refractivity contribution >= 4 is 114 Å². The van der Waals surface area contributed by atoms with Gasteiger partial charge in [0.25, 0.3) is 0 Å². The van der Waals surface area contributed by atoms with Crippen LogP contribution in [0.25, 0.3) is 12.2 Å². The average Bonchev–Trinajstić information content (AvgIpc) is 3.50.